The Morgan fingerprint density at radius 2 is 1.63 bits per heavy atom. The Morgan fingerprint density at radius 3 is 2.19 bits per heavy atom. The lowest BCUT2D eigenvalue weighted by molar-refractivity contribution is 0.00578. The van der Waals surface area contributed by atoms with Crippen molar-refractivity contribution >= 4 is 12.6 Å². The zero-order chi connectivity index (χ0) is 19.2. The lowest BCUT2D eigenvalue weighted by atomic mass is 9.79. The van der Waals surface area contributed by atoms with E-state index in [1.54, 1.807) is 6.07 Å². The molecule has 0 aromatic heterocycles. The summed E-state index contributed by atoms with van der Waals surface area (Å²) in [4.78, 5) is 0. The number of rotatable bonds is 5. The minimum Gasteiger partial charge on any atom is -0.489 e. The summed E-state index contributed by atoms with van der Waals surface area (Å²) in [5.41, 5.74) is 1.90. The van der Waals surface area contributed by atoms with Crippen molar-refractivity contribution in [3.63, 3.8) is 0 Å². The summed E-state index contributed by atoms with van der Waals surface area (Å²) in [7, 11) is -0.392. The second kappa shape index (κ2) is 6.64. The van der Waals surface area contributed by atoms with Crippen LogP contribution in [0.4, 0.5) is 4.39 Å². The van der Waals surface area contributed by atoms with Gasteiger partial charge in [-0.05, 0) is 75.7 Å². The molecule has 142 valence electrons. The largest absolute Gasteiger partial charge is 0.494 e. The Hall–Kier alpha value is -1.85. The number of halogens is 1. The summed E-state index contributed by atoms with van der Waals surface area (Å²) >= 11 is 0. The Bertz CT molecular complexity index is 812. The topological polar surface area (TPSA) is 27.7 Å². The van der Waals surface area contributed by atoms with Crippen LogP contribution in [0.5, 0.6) is 5.75 Å². The molecule has 0 spiro atoms. The minimum absolute atomic E-state index is 0.187. The molecule has 0 N–H and O–H groups in total. The van der Waals surface area contributed by atoms with Gasteiger partial charge < -0.3 is 14.0 Å². The van der Waals surface area contributed by atoms with Crippen LogP contribution in [0, 0.1) is 5.82 Å². The SMILES string of the molecule is CC1(C)OB(c2ccc(OCc3ccc(C4CC4)cc3F)cc2)OC1(C)C. The van der Waals surface area contributed by atoms with Gasteiger partial charge in [0.05, 0.1) is 11.2 Å². The maximum Gasteiger partial charge on any atom is 0.494 e. The quantitative estimate of drug-likeness (QED) is 0.723. The third kappa shape index (κ3) is 3.76. The molecule has 1 heterocycles. The van der Waals surface area contributed by atoms with Crippen molar-refractivity contribution in [3.05, 3.63) is 59.4 Å². The van der Waals surface area contributed by atoms with Crippen molar-refractivity contribution < 1.29 is 18.4 Å². The van der Waals surface area contributed by atoms with Crippen molar-refractivity contribution in [3.8, 4) is 5.75 Å². The molecule has 0 unspecified atom stereocenters. The summed E-state index contributed by atoms with van der Waals surface area (Å²) in [6, 6.07) is 13.1. The highest BCUT2D eigenvalue weighted by atomic mass is 19.1. The Labute approximate surface area is 161 Å². The van der Waals surface area contributed by atoms with Gasteiger partial charge in [0.1, 0.15) is 18.2 Å². The van der Waals surface area contributed by atoms with E-state index in [2.05, 4.69) is 0 Å². The van der Waals surface area contributed by atoms with E-state index in [1.165, 1.54) is 12.8 Å². The summed E-state index contributed by atoms with van der Waals surface area (Å²) in [5, 5.41) is 0. The molecule has 0 bridgehead atoms. The van der Waals surface area contributed by atoms with Crippen LogP contribution in [-0.4, -0.2) is 18.3 Å². The Kier molecular flexibility index (Phi) is 4.56. The van der Waals surface area contributed by atoms with Crippen LogP contribution >= 0.6 is 0 Å². The van der Waals surface area contributed by atoms with Crippen LogP contribution in [0.15, 0.2) is 42.5 Å². The third-order valence-corrected chi connectivity index (χ3v) is 5.93. The fourth-order valence-electron chi connectivity index (χ4n) is 3.21. The van der Waals surface area contributed by atoms with Crippen LogP contribution in [-0.2, 0) is 15.9 Å². The van der Waals surface area contributed by atoms with Crippen molar-refractivity contribution in [2.75, 3.05) is 0 Å². The van der Waals surface area contributed by atoms with Gasteiger partial charge in [-0.25, -0.2) is 4.39 Å². The molecule has 3 nitrogen and oxygen atoms in total. The molecular weight excluding hydrogens is 342 g/mol. The second-order valence-corrected chi connectivity index (χ2v) is 8.57. The number of hydrogen-bond donors (Lipinski definition) is 0. The highest BCUT2D eigenvalue weighted by Gasteiger charge is 2.51. The average molecular weight is 368 g/mol. The van der Waals surface area contributed by atoms with E-state index in [0.717, 1.165) is 11.0 Å². The number of hydrogen-bond acceptors (Lipinski definition) is 3. The van der Waals surface area contributed by atoms with Gasteiger partial charge in [0.2, 0.25) is 0 Å². The first-order valence-corrected chi connectivity index (χ1v) is 9.62. The predicted molar refractivity (Wildman–Crippen MR) is 105 cm³/mol. The second-order valence-electron chi connectivity index (χ2n) is 8.57. The van der Waals surface area contributed by atoms with E-state index in [1.807, 2.05) is 64.1 Å². The standard InChI is InChI=1S/C22H26BFO3/c1-21(2)22(3,4)27-23(26-21)18-9-11-19(12-10-18)25-14-17-8-7-16(13-20(17)24)15-5-6-15/h7-13,15H,5-6,14H2,1-4H3. The van der Waals surface area contributed by atoms with Crippen LogP contribution in [0.1, 0.15) is 57.6 Å². The molecule has 0 radical (unpaired) electrons. The third-order valence-electron chi connectivity index (χ3n) is 5.93. The highest BCUT2D eigenvalue weighted by Crippen LogP contribution is 2.40. The Morgan fingerprint density at radius 1 is 1.00 bits per heavy atom. The first kappa shape index (κ1) is 18.5. The molecule has 2 aromatic rings. The number of benzene rings is 2. The molecule has 1 aliphatic carbocycles. The van der Waals surface area contributed by atoms with Crippen molar-refractivity contribution in [1.29, 1.82) is 0 Å². The van der Waals surface area contributed by atoms with Gasteiger partial charge in [-0.1, -0.05) is 24.3 Å². The van der Waals surface area contributed by atoms with Gasteiger partial charge in [-0.3, -0.25) is 0 Å². The summed E-state index contributed by atoms with van der Waals surface area (Å²) in [6.07, 6.45) is 2.34. The first-order valence-electron chi connectivity index (χ1n) is 9.62. The van der Waals surface area contributed by atoms with Gasteiger partial charge in [0.25, 0.3) is 0 Å². The maximum atomic E-state index is 14.2. The molecular formula is C22H26BFO3. The highest BCUT2D eigenvalue weighted by molar-refractivity contribution is 6.62. The van der Waals surface area contributed by atoms with Gasteiger partial charge >= 0.3 is 7.12 Å². The zero-order valence-electron chi connectivity index (χ0n) is 16.4. The monoisotopic (exact) mass is 368 g/mol. The van der Waals surface area contributed by atoms with Crippen LogP contribution in [0.3, 0.4) is 0 Å². The van der Waals surface area contributed by atoms with E-state index in [4.69, 9.17) is 14.0 Å². The maximum absolute atomic E-state index is 14.2. The summed E-state index contributed by atoms with van der Waals surface area (Å²) in [5.74, 6) is 1.06. The van der Waals surface area contributed by atoms with Crippen molar-refractivity contribution in [1.82, 2.24) is 0 Å². The fraction of sp³-hybridized carbons (Fsp3) is 0.455. The van der Waals surface area contributed by atoms with Gasteiger partial charge in [0, 0.05) is 5.56 Å². The zero-order valence-corrected chi connectivity index (χ0v) is 16.4. The van der Waals surface area contributed by atoms with Crippen LogP contribution in [0.2, 0.25) is 0 Å². The van der Waals surface area contributed by atoms with Crippen molar-refractivity contribution in [2.45, 2.75) is 64.3 Å². The van der Waals surface area contributed by atoms with E-state index in [0.29, 0.717) is 17.2 Å². The fourth-order valence-corrected chi connectivity index (χ4v) is 3.21. The Balaban J connectivity index is 1.39. The molecule has 2 aromatic carbocycles. The molecule has 27 heavy (non-hydrogen) atoms. The summed E-state index contributed by atoms with van der Waals surface area (Å²) in [6.45, 7) is 8.36. The van der Waals surface area contributed by atoms with Gasteiger partial charge in [-0.15, -0.1) is 0 Å². The smallest absolute Gasteiger partial charge is 0.489 e. The molecule has 1 aliphatic heterocycles. The normalized spacial score (nSPS) is 20.7. The molecule has 5 heteroatoms. The first-order chi connectivity index (χ1) is 12.7. The summed E-state index contributed by atoms with van der Waals surface area (Å²) < 4.78 is 32.1. The van der Waals surface area contributed by atoms with E-state index in [9.17, 15) is 4.39 Å². The lowest BCUT2D eigenvalue weighted by Gasteiger charge is -2.32. The molecule has 1 saturated carbocycles. The molecule has 2 fully saturated rings. The molecule has 0 amide bonds. The van der Waals surface area contributed by atoms with Gasteiger partial charge in [-0.2, -0.15) is 0 Å². The molecule has 4 rings (SSSR count). The van der Waals surface area contributed by atoms with E-state index >= 15 is 0 Å². The lowest BCUT2D eigenvalue weighted by Crippen LogP contribution is -2.41. The van der Waals surface area contributed by atoms with Crippen molar-refractivity contribution in [2.24, 2.45) is 0 Å². The molecule has 2 aliphatic rings. The average Bonchev–Trinajstić information content (AvgIpc) is 3.42. The van der Waals surface area contributed by atoms with Crippen LogP contribution in [0.25, 0.3) is 0 Å². The minimum atomic E-state index is -0.392. The number of ether oxygens (including phenoxy) is 1. The predicted octanol–water partition coefficient (Wildman–Crippen LogP) is 4.58. The van der Waals surface area contributed by atoms with Crippen LogP contribution < -0.4 is 10.2 Å². The molecule has 0 atom stereocenters. The van der Waals surface area contributed by atoms with E-state index < -0.39 is 7.12 Å². The van der Waals surface area contributed by atoms with E-state index in [-0.39, 0.29) is 23.6 Å². The molecule has 1 saturated heterocycles. The van der Waals surface area contributed by atoms with Gasteiger partial charge in [0.15, 0.2) is 0 Å².